The molecule has 6 heteroatoms. The van der Waals surface area contributed by atoms with E-state index in [0.717, 1.165) is 20.9 Å². The van der Waals surface area contributed by atoms with E-state index in [1.807, 2.05) is 25.1 Å². The zero-order valence-electron chi connectivity index (χ0n) is 10.5. The van der Waals surface area contributed by atoms with Crippen molar-refractivity contribution in [2.45, 2.75) is 24.6 Å². The molecule has 19 heavy (non-hydrogen) atoms. The minimum Gasteiger partial charge on any atom is -0.325 e. The quantitative estimate of drug-likeness (QED) is 0.847. The van der Waals surface area contributed by atoms with Crippen LogP contribution >= 0.6 is 34.5 Å². The van der Waals surface area contributed by atoms with Gasteiger partial charge in [0.25, 0.3) is 0 Å². The molecular formula is C13H12Cl2N2OS. The third-order valence-electron chi connectivity index (χ3n) is 3.51. The predicted molar refractivity (Wildman–Crippen MR) is 80.1 cm³/mol. The van der Waals surface area contributed by atoms with Gasteiger partial charge in [-0.1, -0.05) is 0 Å². The number of halogens is 2. The number of carbonyl (C=O) groups excluding carboxylic acids is 1. The van der Waals surface area contributed by atoms with Gasteiger partial charge in [-0.25, -0.2) is 4.98 Å². The highest BCUT2D eigenvalue weighted by Crippen LogP contribution is 2.64. The number of anilines is 1. The number of hydrogen-bond acceptors (Lipinski definition) is 3. The Kier molecular flexibility index (Phi) is 2.82. The minimum atomic E-state index is -0.942. The average molecular weight is 315 g/mol. The number of aromatic nitrogens is 1. The van der Waals surface area contributed by atoms with Gasteiger partial charge in [0.05, 0.1) is 20.6 Å². The second-order valence-electron chi connectivity index (χ2n) is 5.08. The van der Waals surface area contributed by atoms with Crippen LogP contribution in [0.1, 0.15) is 18.4 Å². The molecule has 3 nitrogen and oxygen atoms in total. The lowest BCUT2D eigenvalue weighted by atomic mass is 10.1. The number of aryl methyl sites for hydroxylation is 1. The summed E-state index contributed by atoms with van der Waals surface area (Å²) in [6.45, 7) is 3.74. The molecule has 100 valence electrons. The molecule has 2 aromatic rings. The van der Waals surface area contributed by atoms with Gasteiger partial charge in [-0.3, -0.25) is 4.79 Å². The highest BCUT2D eigenvalue weighted by atomic mass is 35.5. The van der Waals surface area contributed by atoms with E-state index in [9.17, 15) is 4.79 Å². The molecule has 0 saturated heterocycles. The van der Waals surface area contributed by atoms with Gasteiger partial charge in [0.2, 0.25) is 5.91 Å². The maximum absolute atomic E-state index is 12.2. The van der Waals surface area contributed by atoms with E-state index in [-0.39, 0.29) is 5.91 Å². The number of rotatable bonds is 2. The fraction of sp³-hybridized carbons (Fsp3) is 0.385. The standard InChI is InChI=1S/C13H12Cl2N2OS/c1-7-16-9-4-3-8(5-10(9)19-7)17-11(18)12(2)6-13(12,14)15/h3-5H,6H2,1-2H3,(H,17,18)/t12-/m0/s1. The Bertz CT molecular complexity index is 682. The second kappa shape index (κ2) is 4.08. The van der Waals surface area contributed by atoms with Gasteiger partial charge in [0.15, 0.2) is 0 Å². The predicted octanol–water partition coefficient (Wildman–Crippen LogP) is 4.13. The zero-order valence-corrected chi connectivity index (χ0v) is 12.8. The summed E-state index contributed by atoms with van der Waals surface area (Å²) in [5.41, 5.74) is 0.995. The van der Waals surface area contributed by atoms with Crippen molar-refractivity contribution < 1.29 is 4.79 Å². The lowest BCUT2D eigenvalue weighted by Gasteiger charge is -2.12. The van der Waals surface area contributed by atoms with Crippen LogP contribution in [-0.4, -0.2) is 15.2 Å². The average Bonchev–Trinajstić information content (AvgIpc) is 2.66. The van der Waals surface area contributed by atoms with E-state index in [2.05, 4.69) is 10.3 Å². The van der Waals surface area contributed by atoms with Gasteiger partial charge in [0.1, 0.15) is 4.33 Å². The van der Waals surface area contributed by atoms with Crippen molar-refractivity contribution in [2.24, 2.45) is 5.41 Å². The number of benzene rings is 1. The molecule has 0 aliphatic heterocycles. The molecular weight excluding hydrogens is 303 g/mol. The van der Waals surface area contributed by atoms with Gasteiger partial charge in [-0.2, -0.15) is 0 Å². The summed E-state index contributed by atoms with van der Waals surface area (Å²) in [5.74, 6) is -0.141. The molecule has 1 amide bonds. The lowest BCUT2D eigenvalue weighted by molar-refractivity contribution is -0.120. The molecule has 0 spiro atoms. The molecule has 1 aromatic carbocycles. The molecule has 3 rings (SSSR count). The summed E-state index contributed by atoms with van der Waals surface area (Å²) < 4.78 is 0.113. The van der Waals surface area contributed by atoms with Crippen LogP contribution in [0.25, 0.3) is 10.2 Å². The van der Waals surface area contributed by atoms with Crippen molar-refractivity contribution in [3.05, 3.63) is 23.2 Å². The molecule has 1 saturated carbocycles. The van der Waals surface area contributed by atoms with Gasteiger partial charge >= 0.3 is 0 Å². The number of fused-ring (bicyclic) bond motifs is 1. The molecule has 0 bridgehead atoms. The highest BCUT2D eigenvalue weighted by Gasteiger charge is 2.67. The van der Waals surface area contributed by atoms with E-state index in [4.69, 9.17) is 23.2 Å². The van der Waals surface area contributed by atoms with E-state index in [1.165, 1.54) is 0 Å². The fourth-order valence-corrected chi connectivity index (χ4v) is 3.61. The van der Waals surface area contributed by atoms with Crippen molar-refractivity contribution in [3.63, 3.8) is 0 Å². The Morgan fingerprint density at radius 3 is 2.79 bits per heavy atom. The smallest absolute Gasteiger partial charge is 0.233 e. The van der Waals surface area contributed by atoms with Crippen LogP contribution < -0.4 is 5.32 Å². The van der Waals surface area contributed by atoms with Crippen molar-refractivity contribution in [2.75, 3.05) is 5.32 Å². The Morgan fingerprint density at radius 2 is 2.16 bits per heavy atom. The van der Waals surface area contributed by atoms with Gasteiger partial charge in [-0.15, -0.1) is 34.5 Å². The first-order valence-corrected chi connectivity index (χ1v) is 7.46. The number of nitrogens with zero attached hydrogens (tertiary/aromatic N) is 1. The molecule has 1 fully saturated rings. The number of hydrogen-bond donors (Lipinski definition) is 1. The number of thiazole rings is 1. The van der Waals surface area contributed by atoms with Crippen LogP contribution in [0.3, 0.4) is 0 Å². The maximum Gasteiger partial charge on any atom is 0.233 e. The van der Waals surface area contributed by atoms with Crippen LogP contribution in [0.4, 0.5) is 5.69 Å². The van der Waals surface area contributed by atoms with Crippen LogP contribution in [0.5, 0.6) is 0 Å². The van der Waals surface area contributed by atoms with Gasteiger partial charge in [-0.05, 0) is 38.5 Å². The molecule has 1 heterocycles. The van der Waals surface area contributed by atoms with E-state index in [0.29, 0.717) is 6.42 Å². The van der Waals surface area contributed by atoms with E-state index < -0.39 is 9.75 Å². The van der Waals surface area contributed by atoms with E-state index >= 15 is 0 Å². The lowest BCUT2D eigenvalue weighted by Crippen LogP contribution is -2.25. The molecule has 0 radical (unpaired) electrons. The number of nitrogens with one attached hydrogen (secondary N) is 1. The largest absolute Gasteiger partial charge is 0.325 e. The topological polar surface area (TPSA) is 42.0 Å². The maximum atomic E-state index is 12.2. The minimum absolute atomic E-state index is 0.141. The SMILES string of the molecule is Cc1nc2ccc(NC(=O)[C@]3(C)CC3(Cl)Cl)cc2s1. The van der Waals surface area contributed by atoms with Crippen molar-refractivity contribution in [1.82, 2.24) is 4.98 Å². The first-order valence-electron chi connectivity index (χ1n) is 5.88. The van der Waals surface area contributed by atoms with Gasteiger partial charge in [0, 0.05) is 5.69 Å². The summed E-state index contributed by atoms with van der Waals surface area (Å²) in [4.78, 5) is 16.5. The summed E-state index contributed by atoms with van der Waals surface area (Å²) in [7, 11) is 0. The highest BCUT2D eigenvalue weighted by molar-refractivity contribution is 7.18. The number of alkyl halides is 2. The number of carbonyl (C=O) groups is 1. The Hall–Kier alpha value is -0.840. The normalized spacial score (nSPS) is 24.4. The van der Waals surface area contributed by atoms with Gasteiger partial charge < -0.3 is 5.32 Å². The Morgan fingerprint density at radius 1 is 1.47 bits per heavy atom. The zero-order chi connectivity index (χ0) is 13.8. The first-order chi connectivity index (χ1) is 8.82. The fourth-order valence-electron chi connectivity index (χ4n) is 2.03. The molecule has 0 unspecified atom stereocenters. The summed E-state index contributed by atoms with van der Waals surface area (Å²) in [6, 6.07) is 5.67. The van der Waals surface area contributed by atoms with Crippen LogP contribution in [0.2, 0.25) is 0 Å². The van der Waals surface area contributed by atoms with Crippen molar-refractivity contribution >= 4 is 56.3 Å². The van der Waals surface area contributed by atoms with Crippen molar-refractivity contribution in [1.29, 1.82) is 0 Å². The third kappa shape index (κ3) is 2.12. The molecule has 1 atom stereocenters. The van der Waals surface area contributed by atoms with Crippen molar-refractivity contribution in [3.8, 4) is 0 Å². The molecule has 1 aliphatic carbocycles. The molecule has 1 aliphatic rings. The van der Waals surface area contributed by atoms with Crippen LogP contribution in [0.15, 0.2) is 18.2 Å². The second-order valence-corrected chi connectivity index (χ2v) is 7.80. The summed E-state index contributed by atoms with van der Waals surface area (Å²) in [5, 5.41) is 3.88. The Labute approximate surface area is 124 Å². The monoisotopic (exact) mass is 314 g/mol. The first kappa shape index (κ1) is 13.2. The summed E-state index contributed by atoms with van der Waals surface area (Å²) >= 11 is 13.6. The molecule has 1 aromatic heterocycles. The number of amides is 1. The molecule has 1 N–H and O–H groups in total. The van der Waals surface area contributed by atoms with E-state index in [1.54, 1.807) is 18.3 Å². The van der Waals surface area contributed by atoms with Crippen LogP contribution in [-0.2, 0) is 4.79 Å². The third-order valence-corrected chi connectivity index (χ3v) is 5.55. The summed E-state index contributed by atoms with van der Waals surface area (Å²) in [6.07, 6.45) is 0.483. The van der Waals surface area contributed by atoms with Crippen LogP contribution in [0, 0.1) is 12.3 Å². The Balaban J connectivity index is 1.84.